The van der Waals surface area contributed by atoms with E-state index < -0.39 is 0 Å². The lowest BCUT2D eigenvalue weighted by atomic mass is 10.0. The van der Waals surface area contributed by atoms with Crippen LogP contribution >= 0.6 is 11.6 Å². The van der Waals surface area contributed by atoms with Gasteiger partial charge in [0.05, 0.1) is 5.69 Å². The molecule has 0 bridgehead atoms. The van der Waals surface area contributed by atoms with E-state index in [2.05, 4.69) is 29.2 Å². The van der Waals surface area contributed by atoms with Gasteiger partial charge in [0.15, 0.2) is 5.15 Å². The lowest BCUT2D eigenvalue weighted by Gasteiger charge is -2.11. The maximum absolute atomic E-state index is 6.35. The first-order chi connectivity index (χ1) is 10.7. The summed E-state index contributed by atoms with van der Waals surface area (Å²) in [5.74, 6) is 0. The molecule has 0 saturated heterocycles. The Morgan fingerprint density at radius 3 is 2.23 bits per heavy atom. The number of pyridine rings is 2. The third-order valence-electron chi connectivity index (χ3n) is 3.82. The number of hydrogen-bond acceptors (Lipinski definition) is 2. The van der Waals surface area contributed by atoms with E-state index in [1.807, 2.05) is 43.3 Å². The van der Waals surface area contributed by atoms with Crippen molar-refractivity contribution in [2.24, 2.45) is 0 Å². The number of nitrogens with zero attached hydrogens (tertiary/aromatic N) is 2. The van der Waals surface area contributed by atoms with E-state index in [4.69, 9.17) is 16.6 Å². The maximum Gasteiger partial charge on any atom is 0.155 e. The van der Waals surface area contributed by atoms with Crippen molar-refractivity contribution in [3.05, 3.63) is 71.5 Å². The molecule has 2 aromatic carbocycles. The lowest BCUT2D eigenvalue weighted by Crippen LogP contribution is -1.93. The van der Waals surface area contributed by atoms with Gasteiger partial charge in [-0.1, -0.05) is 66.2 Å². The van der Waals surface area contributed by atoms with Crippen LogP contribution in [-0.2, 0) is 0 Å². The quantitative estimate of drug-likeness (QED) is 0.347. The van der Waals surface area contributed by atoms with E-state index in [1.165, 1.54) is 0 Å². The molecule has 22 heavy (non-hydrogen) atoms. The third kappa shape index (κ3) is 2.04. The number of halogens is 1. The van der Waals surface area contributed by atoms with Crippen LogP contribution in [0.1, 0.15) is 5.69 Å². The molecule has 2 aromatic heterocycles. The van der Waals surface area contributed by atoms with Crippen LogP contribution in [-0.4, -0.2) is 9.97 Å². The van der Waals surface area contributed by atoms with Gasteiger partial charge in [-0.15, -0.1) is 0 Å². The zero-order valence-corrected chi connectivity index (χ0v) is 12.8. The molecule has 0 saturated carbocycles. The molecule has 4 rings (SSSR count). The average molecular weight is 305 g/mol. The topological polar surface area (TPSA) is 25.8 Å². The average Bonchev–Trinajstić information content (AvgIpc) is 2.55. The third-order valence-corrected chi connectivity index (χ3v) is 4.08. The summed E-state index contributed by atoms with van der Waals surface area (Å²) in [5, 5.41) is 3.78. The number of fused-ring (bicyclic) bond motifs is 3. The van der Waals surface area contributed by atoms with Gasteiger partial charge in [-0.3, -0.25) is 0 Å². The monoisotopic (exact) mass is 304 g/mol. The van der Waals surface area contributed by atoms with Crippen LogP contribution in [0.3, 0.4) is 0 Å². The summed E-state index contributed by atoms with van der Waals surface area (Å²) >= 11 is 6.35. The van der Waals surface area contributed by atoms with Crippen LogP contribution in [0.4, 0.5) is 0 Å². The van der Waals surface area contributed by atoms with Crippen LogP contribution < -0.4 is 0 Å². The summed E-state index contributed by atoms with van der Waals surface area (Å²) in [6, 6.07) is 20.5. The Bertz CT molecular complexity index is 994. The molecule has 0 aliphatic carbocycles. The summed E-state index contributed by atoms with van der Waals surface area (Å²) in [6.07, 6.45) is 0. The van der Waals surface area contributed by atoms with Gasteiger partial charge >= 0.3 is 0 Å². The predicted octanol–water partition coefficient (Wildman–Crippen LogP) is 5.41. The fourth-order valence-corrected chi connectivity index (χ4v) is 3.13. The van der Waals surface area contributed by atoms with Crippen molar-refractivity contribution in [3.8, 4) is 11.3 Å². The highest BCUT2D eigenvalue weighted by Gasteiger charge is 2.12. The van der Waals surface area contributed by atoms with Crippen LogP contribution in [0.5, 0.6) is 0 Å². The number of rotatable bonds is 1. The summed E-state index contributed by atoms with van der Waals surface area (Å²) in [6.45, 7) is 1.95. The van der Waals surface area contributed by atoms with Crippen LogP contribution in [0.15, 0.2) is 60.7 Å². The molecular formula is C19H13ClN2. The van der Waals surface area contributed by atoms with Crippen LogP contribution in [0.2, 0.25) is 5.15 Å². The Morgan fingerprint density at radius 1 is 0.773 bits per heavy atom. The molecule has 0 unspecified atom stereocenters. The molecule has 0 spiro atoms. The predicted molar refractivity (Wildman–Crippen MR) is 92.2 cm³/mol. The molecule has 0 atom stereocenters. The molecule has 0 fully saturated rings. The molecule has 106 valence electrons. The molecule has 0 radical (unpaired) electrons. The van der Waals surface area contributed by atoms with Crippen LogP contribution in [0.25, 0.3) is 32.9 Å². The molecule has 3 heteroatoms. The van der Waals surface area contributed by atoms with Crippen molar-refractivity contribution in [2.75, 3.05) is 0 Å². The number of aryl methyl sites for hydroxylation is 1. The Hall–Kier alpha value is -2.45. The minimum atomic E-state index is 0.456. The Labute approximate surface area is 133 Å². The molecule has 4 aromatic rings. The number of benzene rings is 2. The fourth-order valence-electron chi connectivity index (χ4n) is 2.85. The highest BCUT2D eigenvalue weighted by atomic mass is 35.5. The first-order valence-electron chi connectivity index (χ1n) is 7.15. The zero-order chi connectivity index (χ0) is 15.1. The van der Waals surface area contributed by atoms with Gasteiger partial charge in [0, 0.05) is 22.0 Å². The fraction of sp³-hybridized carbons (Fsp3) is 0.0526. The molecule has 0 aliphatic heterocycles. The molecule has 0 aliphatic rings. The summed E-state index contributed by atoms with van der Waals surface area (Å²) in [4.78, 5) is 9.17. The van der Waals surface area contributed by atoms with Gasteiger partial charge < -0.3 is 0 Å². The summed E-state index contributed by atoms with van der Waals surface area (Å²) in [5.41, 5.74) is 3.68. The maximum atomic E-state index is 6.35. The van der Waals surface area contributed by atoms with Crippen molar-refractivity contribution in [2.45, 2.75) is 6.92 Å². The van der Waals surface area contributed by atoms with Gasteiger partial charge in [-0.25, -0.2) is 9.97 Å². The molecule has 0 N–H and O–H groups in total. The van der Waals surface area contributed by atoms with Crippen molar-refractivity contribution >= 4 is 33.3 Å². The second-order valence-corrected chi connectivity index (χ2v) is 5.68. The van der Waals surface area contributed by atoms with Gasteiger partial charge in [0.2, 0.25) is 0 Å². The van der Waals surface area contributed by atoms with Gasteiger partial charge in [0.1, 0.15) is 5.52 Å². The van der Waals surface area contributed by atoms with E-state index in [9.17, 15) is 0 Å². The number of hydrogen-bond donors (Lipinski definition) is 0. The van der Waals surface area contributed by atoms with E-state index >= 15 is 0 Å². The van der Waals surface area contributed by atoms with E-state index in [0.717, 1.165) is 38.6 Å². The second-order valence-electron chi connectivity index (χ2n) is 5.32. The Morgan fingerprint density at radius 2 is 1.45 bits per heavy atom. The molecule has 0 amide bonds. The van der Waals surface area contributed by atoms with E-state index in [1.54, 1.807) is 0 Å². The molecule has 2 heterocycles. The van der Waals surface area contributed by atoms with Crippen molar-refractivity contribution in [1.29, 1.82) is 0 Å². The highest BCUT2D eigenvalue weighted by molar-refractivity contribution is 6.35. The smallest absolute Gasteiger partial charge is 0.155 e. The summed E-state index contributed by atoms with van der Waals surface area (Å²) in [7, 11) is 0. The molecular weight excluding hydrogens is 292 g/mol. The summed E-state index contributed by atoms with van der Waals surface area (Å²) < 4.78 is 0. The second kappa shape index (κ2) is 5.08. The van der Waals surface area contributed by atoms with Crippen LogP contribution in [0, 0.1) is 6.92 Å². The van der Waals surface area contributed by atoms with Crippen molar-refractivity contribution in [3.63, 3.8) is 0 Å². The van der Waals surface area contributed by atoms with Crippen molar-refractivity contribution in [1.82, 2.24) is 9.97 Å². The lowest BCUT2D eigenvalue weighted by molar-refractivity contribution is 1.21. The van der Waals surface area contributed by atoms with Crippen molar-refractivity contribution < 1.29 is 0 Å². The first-order valence-corrected chi connectivity index (χ1v) is 7.53. The van der Waals surface area contributed by atoms with E-state index in [-0.39, 0.29) is 0 Å². The Balaban J connectivity index is 2.21. The number of aromatic nitrogens is 2. The zero-order valence-electron chi connectivity index (χ0n) is 12.0. The standard InChI is InChI=1S/C19H13ClN2/c1-12-11-16-14-9-5-6-10-15(14)17(13-7-3-2-4-8-13)22-18(16)19(20)21-12/h2-11H,1H3. The normalized spacial score (nSPS) is 11.2. The first kappa shape index (κ1) is 13.2. The SMILES string of the molecule is Cc1cc2c(nc(-c3ccccc3)c3ccccc32)c(Cl)n1. The molecule has 2 nitrogen and oxygen atoms in total. The van der Waals surface area contributed by atoms with E-state index in [0.29, 0.717) is 5.15 Å². The highest BCUT2D eigenvalue weighted by Crippen LogP contribution is 2.34. The minimum absolute atomic E-state index is 0.456. The van der Waals surface area contributed by atoms with Gasteiger partial charge in [-0.2, -0.15) is 0 Å². The minimum Gasteiger partial charge on any atom is -0.244 e. The largest absolute Gasteiger partial charge is 0.244 e. The van der Waals surface area contributed by atoms with Gasteiger partial charge in [0.25, 0.3) is 0 Å². The van der Waals surface area contributed by atoms with Gasteiger partial charge in [-0.05, 0) is 18.4 Å². The Kier molecular flexibility index (Phi) is 3.05.